The van der Waals surface area contributed by atoms with E-state index in [-0.39, 0.29) is 29.8 Å². The molecule has 2 amide bonds. The van der Waals surface area contributed by atoms with E-state index in [9.17, 15) is 18.0 Å². The summed E-state index contributed by atoms with van der Waals surface area (Å²) < 4.78 is 34.5. The summed E-state index contributed by atoms with van der Waals surface area (Å²) in [5.41, 5.74) is 3.07. The highest BCUT2D eigenvalue weighted by Gasteiger charge is 2.35. The van der Waals surface area contributed by atoms with Gasteiger partial charge in [0.25, 0.3) is 10.0 Å². The number of nitrogens with zero attached hydrogens (tertiary/aromatic N) is 2. The third-order valence-corrected chi connectivity index (χ3v) is 9.50. The molecule has 0 aromatic heterocycles. The highest BCUT2D eigenvalue weighted by molar-refractivity contribution is 7.92. The van der Waals surface area contributed by atoms with Gasteiger partial charge in [0.15, 0.2) is 0 Å². The van der Waals surface area contributed by atoms with Crippen molar-refractivity contribution in [1.82, 2.24) is 10.2 Å². The van der Waals surface area contributed by atoms with Crippen molar-refractivity contribution in [2.75, 3.05) is 18.0 Å². The average molecular weight is 628 g/mol. The first-order valence-corrected chi connectivity index (χ1v) is 16.5. The maximum Gasteiger partial charge on any atom is 0.264 e. The lowest BCUT2D eigenvalue weighted by molar-refractivity contribution is -0.140. The number of nitrogens with one attached hydrogen (secondary N) is 1. The standard InChI is InChI=1S/C36H41N3O5S/c1-5-28(3)37-36(41)34(24-29-12-8-6-9-13-29)38(25-30-18-16-27(2)17-19-30)35(40)26-39(31-20-22-32(44-4)23-21-31)45(42,43)33-14-10-7-11-15-33/h6-23,28,34H,5,24-26H2,1-4H3,(H,37,41)/t28-,34+/m1/s1. The van der Waals surface area contributed by atoms with Gasteiger partial charge in [-0.3, -0.25) is 13.9 Å². The molecule has 4 aromatic rings. The first kappa shape index (κ1) is 33.3. The van der Waals surface area contributed by atoms with Crippen LogP contribution in [0.15, 0.2) is 114 Å². The van der Waals surface area contributed by atoms with Crippen molar-refractivity contribution in [3.05, 3.63) is 126 Å². The van der Waals surface area contributed by atoms with E-state index in [0.717, 1.165) is 27.4 Å². The van der Waals surface area contributed by atoms with Crippen LogP contribution in [0.2, 0.25) is 0 Å². The second-order valence-corrected chi connectivity index (χ2v) is 12.9. The third-order valence-electron chi connectivity index (χ3n) is 7.72. The molecule has 236 valence electrons. The molecule has 0 radical (unpaired) electrons. The summed E-state index contributed by atoms with van der Waals surface area (Å²) >= 11 is 0. The number of anilines is 1. The number of ether oxygens (including phenoxy) is 1. The molecule has 0 heterocycles. The lowest BCUT2D eigenvalue weighted by atomic mass is 10.0. The molecular weight excluding hydrogens is 586 g/mol. The molecule has 45 heavy (non-hydrogen) atoms. The Morgan fingerprint density at radius 1 is 0.822 bits per heavy atom. The van der Waals surface area contributed by atoms with Crippen LogP contribution in [0.25, 0.3) is 0 Å². The van der Waals surface area contributed by atoms with Gasteiger partial charge in [0.05, 0.1) is 17.7 Å². The molecule has 4 rings (SSSR count). The molecule has 0 aliphatic carbocycles. The van der Waals surface area contributed by atoms with E-state index in [2.05, 4.69) is 5.32 Å². The Balaban J connectivity index is 1.79. The molecule has 4 aromatic carbocycles. The van der Waals surface area contributed by atoms with Crippen LogP contribution in [-0.4, -0.2) is 50.9 Å². The lowest BCUT2D eigenvalue weighted by Gasteiger charge is -2.34. The van der Waals surface area contributed by atoms with Crippen LogP contribution in [0.5, 0.6) is 5.75 Å². The van der Waals surface area contributed by atoms with Gasteiger partial charge in [0.2, 0.25) is 11.8 Å². The maximum absolute atomic E-state index is 14.5. The van der Waals surface area contributed by atoms with Crippen molar-refractivity contribution in [1.29, 1.82) is 0 Å². The number of amides is 2. The van der Waals surface area contributed by atoms with Gasteiger partial charge in [-0.25, -0.2) is 8.42 Å². The van der Waals surface area contributed by atoms with Crippen LogP contribution in [0.1, 0.15) is 37.0 Å². The van der Waals surface area contributed by atoms with Gasteiger partial charge in [-0.15, -0.1) is 0 Å². The van der Waals surface area contributed by atoms with Gasteiger partial charge in [0.1, 0.15) is 18.3 Å². The van der Waals surface area contributed by atoms with Crippen molar-refractivity contribution in [3.63, 3.8) is 0 Å². The lowest BCUT2D eigenvalue weighted by Crippen LogP contribution is -2.54. The van der Waals surface area contributed by atoms with E-state index >= 15 is 0 Å². The minimum atomic E-state index is -4.16. The summed E-state index contributed by atoms with van der Waals surface area (Å²) in [4.78, 5) is 30.0. The monoisotopic (exact) mass is 627 g/mol. The molecule has 1 N–H and O–H groups in total. The smallest absolute Gasteiger partial charge is 0.264 e. The first-order valence-electron chi connectivity index (χ1n) is 15.0. The van der Waals surface area contributed by atoms with E-state index in [0.29, 0.717) is 11.4 Å². The molecule has 0 unspecified atom stereocenters. The molecule has 0 aliphatic heterocycles. The minimum Gasteiger partial charge on any atom is -0.497 e. The average Bonchev–Trinajstić information content (AvgIpc) is 3.06. The number of methoxy groups -OCH3 is 1. The molecule has 0 saturated heterocycles. The van der Waals surface area contributed by atoms with Gasteiger partial charge in [-0.1, -0.05) is 85.3 Å². The Morgan fingerprint density at radius 3 is 2.00 bits per heavy atom. The second-order valence-electron chi connectivity index (χ2n) is 11.1. The zero-order valence-corrected chi connectivity index (χ0v) is 27.0. The van der Waals surface area contributed by atoms with E-state index in [1.165, 1.54) is 24.1 Å². The SMILES string of the molecule is CC[C@@H](C)NC(=O)[C@H](Cc1ccccc1)N(Cc1ccc(C)cc1)C(=O)CN(c1ccc(OC)cc1)S(=O)(=O)c1ccccc1. The maximum atomic E-state index is 14.5. The number of hydrogen-bond acceptors (Lipinski definition) is 5. The van der Waals surface area contributed by atoms with Crippen molar-refractivity contribution in [2.45, 2.75) is 57.1 Å². The van der Waals surface area contributed by atoms with Crippen LogP contribution in [0, 0.1) is 6.92 Å². The second kappa shape index (κ2) is 15.4. The van der Waals surface area contributed by atoms with Gasteiger partial charge in [-0.05, 0) is 67.8 Å². The number of rotatable bonds is 14. The van der Waals surface area contributed by atoms with Gasteiger partial charge in [-0.2, -0.15) is 0 Å². The first-order chi connectivity index (χ1) is 21.6. The summed E-state index contributed by atoms with van der Waals surface area (Å²) in [6, 6.07) is 30.8. The number of aryl methyl sites for hydroxylation is 1. The highest BCUT2D eigenvalue weighted by atomic mass is 32.2. The fourth-order valence-corrected chi connectivity index (χ4v) is 6.32. The fourth-order valence-electron chi connectivity index (χ4n) is 4.88. The Hall–Kier alpha value is -4.63. The third kappa shape index (κ3) is 8.73. The molecule has 0 bridgehead atoms. The number of carbonyl (C=O) groups excluding carboxylic acids is 2. The Morgan fingerprint density at radius 2 is 1.42 bits per heavy atom. The summed E-state index contributed by atoms with van der Waals surface area (Å²) in [7, 11) is -2.64. The largest absolute Gasteiger partial charge is 0.497 e. The van der Waals surface area contributed by atoms with Gasteiger partial charge in [0, 0.05) is 19.0 Å². The van der Waals surface area contributed by atoms with Crippen LogP contribution in [-0.2, 0) is 32.6 Å². The van der Waals surface area contributed by atoms with Crippen molar-refractivity contribution in [2.24, 2.45) is 0 Å². The highest BCUT2D eigenvalue weighted by Crippen LogP contribution is 2.27. The molecular formula is C36H41N3O5S. The van der Waals surface area contributed by atoms with E-state index in [1.807, 2.05) is 75.4 Å². The number of benzene rings is 4. The van der Waals surface area contributed by atoms with Crippen molar-refractivity contribution >= 4 is 27.5 Å². The predicted molar refractivity (Wildman–Crippen MR) is 178 cm³/mol. The Bertz CT molecular complexity index is 1640. The number of sulfonamides is 1. The normalized spacial score (nSPS) is 12.5. The van der Waals surface area contributed by atoms with Crippen LogP contribution in [0.3, 0.4) is 0 Å². The Kier molecular flexibility index (Phi) is 11.4. The zero-order valence-electron chi connectivity index (χ0n) is 26.2. The quantitative estimate of drug-likeness (QED) is 0.192. The number of carbonyl (C=O) groups is 2. The summed E-state index contributed by atoms with van der Waals surface area (Å²) in [5, 5.41) is 3.06. The van der Waals surface area contributed by atoms with Crippen molar-refractivity contribution in [3.8, 4) is 5.75 Å². The predicted octanol–water partition coefficient (Wildman–Crippen LogP) is 5.75. The minimum absolute atomic E-state index is 0.0500. The Labute approximate surface area is 266 Å². The van der Waals surface area contributed by atoms with Crippen LogP contribution >= 0.6 is 0 Å². The molecule has 8 nitrogen and oxygen atoms in total. The van der Waals surface area contributed by atoms with Gasteiger partial charge >= 0.3 is 0 Å². The molecule has 0 aliphatic rings. The van der Waals surface area contributed by atoms with Crippen LogP contribution in [0.4, 0.5) is 5.69 Å². The zero-order chi connectivity index (χ0) is 32.4. The van der Waals surface area contributed by atoms with E-state index in [4.69, 9.17) is 4.74 Å². The van der Waals surface area contributed by atoms with E-state index < -0.39 is 28.5 Å². The number of hydrogen-bond donors (Lipinski definition) is 1. The fraction of sp³-hybridized carbons (Fsp3) is 0.278. The molecule has 0 saturated carbocycles. The summed E-state index contributed by atoms with van der Waals surface area (Å²) in [6.07, 6.45) is 0.977. The van der Waals surface area contributed by atoms with Gasteiger partial charge < -0.3 is 15.0 Å². The summed E-state index contributed by atoms with van der Waals surface area (Å²) in [5.74, 6) is -0.255. The summed E-state index contributed by atoms with van der Waals surface area (Å²) in [6.45, 7) is 5.48. The van der Waals surface area contributed by atoms with E-state index in [1.54, 1.807) is 42.5 Å². The molecule has 2 atom stereocenters. The van der Waals surface area contributed by atoms with Crippen LogP contribution < -0.4 is 14.4 Å². The molecule has 9 heteroatoms. The van der Waals surface area contributed by atoms with Crippen molar-refractivity contribution < 1.29 is 22.7 Å². The molecule has 0 spiro atoms. The topological polar surface area (TPSA) is 96.0 Å². The molecule has 0 fully saturated rings.